The third kappa shape index (κ3) is 10.4. The molecule has 0 radical (unpaired) electrons. The standard InChI is InChI=1S/3C34H22/c1-3-15-25-23(11-1)13-9-21-27(25)33-29-17-5-7-19-31(29)34(32-20-8-6-18-30(32)33)28-22-10-14-24-12-2-4-16-26(24)28;1-3-11-25-21-27(19-17-23(25)9-1)33-29-13-5-7-15-31(29)34(32-16-8-6-14-30(32)33)28-20-18-24-10-2-4-12-26(24)22-28;1-2-12-25-22-26(21-20-23(25)10-1)33-29-15-5-7-17-31(29)34(32-18-8-6-16-30(32)33)28-19-9-13-24-11-3-4-14-27(24)28/h3*1-22H. The van der Waals surface area contributed by atoms with Crippen LogP contribution < -0.4 is 0 Å². The molecule has 0 spiro atoms. The SMILES string of the molecule is c1ccc2c(-c3c4ccccc4c(-c4cccc5ccccc45)c4ccccc34)cccc2c1.c1ccc2cc(-c3c4ccccc4c(-c4ccc5ccccc5c4)c4ccccc34)ccc2c1.c1ccc2cc(-c3c4ccccc4c(-c4cccc5ccccc45)c4ccccc34)ccc2c1. The minimum Gasteiger partial charge on any atom is -0.0616 e. The molecule has 21 aromatic rings. The third-order valence-corrected chi connectivity index (χ3v) is 21.1. The van der Waals surface area contributed by atoms with Crippen molar-refractivity contribution in [3.05, 3.63) is 400 Å². The molecule has 0 N–H and O–H groups in total. The zero-order chi connectivity index (χ0) is 67.5. The van der Waals surface area contributed by atoms with Gasteiger partial charge < -0.3 is 0 Å². The van der Waals surface area contributed by atoms with Crippen LogP contribution in [0.15, 0.2) is 400 Å². The quantitative estimate of drug-likeness (QED) is 0.146. The van der Waals surface area contributed by atoms with Crippen molar-refractivity contribution in [2.45, 2.75) is 0 Å². The summed E-state index contributed by atoms with van der Waals surface area (Å²) in [5, 5.41) is 30.8. The van der Waals surface area contributed by atoms with Crippen molar-refractivity contribution in [2.24, 2.45) is 0 Å². The summed E-state index contributed by atoms with van der Waals surface area (Å²) in [5.74, 6) is 0. The number of benzene rings is 21. The van der Waals surface area contributed by atoms with Crippen molar-refractivity contribution in [3.63, 3.8) is 0 Å². The van der Waals surface area contributed by atoms with Crippen LogP contribution in [0.25, 0.3) is 196 Å². The molecule has 474 valence electrons. The fourth-order valence-electron chi connectivity index (χ4n) is 16.6. The molecule has 0 amide bonds. The van der Waals surface area contributed by atoms with Crippen molar-refractivity contribution in [1.29, 1.82) is 0 Å². The zero-order valence-corrected chi connectivity index (χ0v) is 56.1. The Hall–Kier alpha value is -13.3. The van der Waals surface area contributed by atoms with Crippen molar-refractivity contribution in [1.82, 2.24) is 0 Å². The molecule has 0 heterocycles. The van der Waals surface area contributed by atoms with E-state index in [4.69, 9.17) is 0 Å². The van der Waals surface area contributed by atoms with E-state index in [1.165, 1.54) is 196 Å². The average molecular weight is 1290 g/mol. The molecule has 0 fully saturated rings. The van der Waals surface area contributed by atoms with Crippen LogP contribution in [0.1, 0.15) is 0 Å². The molecule has 0 aromatic heterocycles. The van der Waals surface area contributed by atoms with Crippen molar-refractivity contribution in [2.75, 3.05) is 0 Å². The van der Waals surface area contributed by atoms with E-state index in [1.807, 2.05) is 0 Å². The predicted octanol–water partition coefficient (Wildman–Crippen LogP) is 28.9. The van der Waals surface area contributed by atoms with Gasteiger partial charge in [0.2, 0.25) is 0 Å². The molecular formula is C102H66. The maximum absolute atomic E-state index is 2.33. The smallest absolute Gasteiger partial charge is 0.00201 e. The topological polar surface area (TPSA) is 0 Å². The first-order valence-electron chi connectivity index (χ1n) is 35.4. The normalized spacial score (nSPS) is 11.5. The fourth-order valence-corrected chi connectivity index (χ4v) is 16.6. The van der Waals surface area contributed by atoms with E-state index in [0.29, 0.717) is 0 Å². The molecule has 21 aromatic carbocycles. The lowest BCUT2D eigenvalue weighted by atomic mass is 9.84. The molecule has 0 saturated carbocycles. The van der Waals surface area contributed by atoms with Gasteiger partial charge in [0.1, 0.15) is 0 Å². The van der Waals surface area contributed by atoms with E-state index in [0.717, 1.165) is 0 Å². The lowest BCUT2D eigenvalue weighted by Crippen LogP contribution is -1.92. The number of fused-ring (bicyclic) bond motifs is 12. The summed E-state index contributed by atoms with van der Waals surface area (Å²) < 4.78 is 0. The highest BCUT2D eigenvalue weighted by atomic mass is 14.3. The molecule has 0 bridgehead atoms. The molecule has 0 unspecified atom stereocenters. The van der Waals surface area contributed by atoms with Gasteiger partial charge in [-0.15, -0.1) is 0 Å². The molecule has 0 saturated heterocycles. The van der Waals surface area contributed by atoms with E-state index >= 15 is 0 Å². The third-order valence-electron chi connectivity index (χ3n) is 21.1. The summed E-state index contributed by atoms with van der Waals surface area (Å²) >= 11 is 0. The summed E-state index contributed by atoms with van der Waals surface area (Å²) in [5.41, 5.74) is 15.5. The minimum absolute atomic E-state index is 1.26. The molecule has 0 aliphatic rings. The van der Waals surface area contributed by atoms with Gasteiger partial charge in [-0.3, -0.25) is 0 Å². The second-order valence-corrected chi connectivity index (χ2v) is 26.8. The number of rotatable bonds is 6. The zero-order valence-electron chi connectivity index (χ0n) is 56.1. The summed E-state index contributed by atoms with van der Waals surface area (Å²) in [6.07, 6.45) is 0. The summed E-state index contributed by atoms with van der Waals surface area (Å²) in [6, 6.07) is 146. The molecule has 21 rings (SSSR count). The van der Waals surface area contributed by atoms with Gasteiger partial charge in [-0.25, -0.2) is 0 Å². The average Bonchev–Trinajstić information content (AvgIpc) is 0.735. The predicted molar refractivity (Wildman–Crippen MR) is 442 cm³/mol. The largest absolute Gasteiger partial charge is 0.0616 e. The van der Waals surface area contributed by atoms with E-state index in [2.05, 4.69) is 400 Å². The molecule has 0 atom stereocenters. The Balaban J connectivity index is 0.000000106. The van der Waals surface area contributed by atoms with Gasteiger partial charge in [0.15, 0.2) is 0 Å². The molecule has 102 heavy (non-hydrogen) atoms. The van der Waals surface area contributed by atoms with Crippen LogP contribution in [0.2, 0.25) is 0 Å². The number of hydrogen-bond acceptors (Lipinski definition) is 0. The Bertz CT molecular complexity index is 6410. The molecule has 0 heteroatoms. The van der Waals surface area contributed by atoms with Gasteiger partial charge in [-0.05, 0) is 214 Å². The van der Waals surface area contributed by atoms with Gasteiger partial charge in [0.05, 0.1) is 0 Å². The van der Waals surface area contributed by atoms with Crippen LogP contribution in [0.4, 0.5) is 0 Å². The first kappa shape index (κ1) is 60.0. The van der Waals surface area contributed by atoms with E-state index in [-0.39, 0.29) is 0 Å². The molecular weight excluding hydrogens is 1230 g/mol. The summed E-state index contributed by atoms with van der Waals surface area (Å²) in [7, 11) is 0. The Morgan fingerprint density at radius 3 is 0.490 bits per heavy atom. The van der Waals surface area contributed by atoms with Crippen LogP contribution in [0, 0.1) is 0 Å². The summed E-state index contributed by atoms with van der Waals surface area (Å²) in [4.78, 5) is 0. The van der Waals surface area contributed by atoms with Gasteiger partial charge >= 0.3 is 0 Å². The van der Waals surface area contributed by atoms with E-state index < -0.39 is 0 Å². The highest BCUT2D eigenvalue weighted by molar-refractivity contribution is 6.27. The Labute approximate surface area is 592 Å². The maximum atomic E-state index is 2.33. The molecule has 0 aliphatic carbocycles. The maximum Gasteiger partial charge on any atom is -0.00201 e. The van der Waals surface area contributed by atoms with E-state index in [1.54, 1.807) is 0 Å². The Kier molecular flexibility index (Phi) is 15.0. The molecule has 0 aliphatic heterocycles. The first-order chi connectivity index (χ1) is 50.6. The lowest BCUT2D eigenvalue weighted by molar-refractivity contribution is 1.68. The highest BCUT2D eigenvalue weighted by Crippen LogP contribution is 2.50. The Morgan fingerprint density at radius 2 is 0.265 bits per heavy atom. The van der Waals surface area contributed by atoms with Crippen LogP contribution >= 0.6 is 0 Å². The van der Waals surface area contributed by atoms with Crippen LogP contribution in [0.5, 0.6) is 0 Å². The Morgan fingerprint density at radius 1 is 0.0980 bits per heavy atom. The fraction of sp³-hybridized carbons (Fsp3) is 0. The van der Waals surface area contributed by atoms with Gasteiger partial charge in [-0.1, -0.05) is 382 Å². The van der Waals surface area contributed by atoms with Crippen molar-refractivity contribution in [3.8, 4) is 66.8 Å². The van der Waals surface area contributed by atoms with Crippen molar-refractivity contribution < 1.29 is 0 Å². The second kappa shape index (κ2) is 25.5. The van der Waals surface area contributed by atoms with Gasteiger partial charge in [0.25, 0.3) is 0 Å². The van der Waals surface area contributed by atoms with Crippen LogP contribution in [-0.2, 0) is 0 Å². The number of hydrogen-bond donors (Lipinski definition) is 0. The monoisotopic (exact) mass is 1290 g/mol. The molecule has 0 nitrogen and oxygen atoms in total. The summed E-state index contributed by atoms with van der Waals surface area (Å²) in [6.45, 7) is 0. The van der Waals surface area contributed by atoms with Gasteiger partial charge in [0, 0.05) is 0 Å². The second-order valence-electron chi connectivity index (χ2n) is 26.8. The first-order valence-corrected chi connectivity index (χ1v) is 35.4. The van der Waals surface area contributed by atoms with Crippen LogP contribution in [0.3, 0.4) is 0 Å². The minimum atomic E-state index is 1.26. The van der Waals surface area contributed by atoms with Gasteiger partial charge in [-0.2, -0.15) is 0 Å². The highest BCUT2D eigenvalue weighted by Gasteiger charge is 2.22. The van der Waals surface area contributed by atoms with Crippen molar-refractivity contribution >= 4 is 129 Å². The van der Waals surface area contributed by atoms with E-state index in [9.17, 15) is 0 Å². The lowest BCUT2D eigenvalue weighted by Gasteiger charge is -2.19. The van der Waals surface area contributed by atoms with Crippen LogP contribution in [-0.4, -0.2) is 0 Å².